The van der Waals surface area contributed by atoms with E-state index in [1.54, 1.807) is 61.7 Å². The summed E-state index contributed by atoms with van der Waals surface area (Å²) in [6.07, 6.45) is 2.01. The lowest BCUT2D eigenvalue weighted by atomic mass is 9.81. The number of Topliss-reactive ketones (excluding diaryl/α,β-unsaturated/α-hetero) is 1. The molecule has 2 heterocycles. The number of anilines is 1. The number of hydrogen-bond donors (Lipinski definition) is 1. The second kappa shape index (κ2) is 8.67. The third-order valence-corrected chi connectivity index (χ3v) is 6.18. The zero-order valence-electron chi connectivity index (χ0n) is 18.7. The van der Waals surface area contributed by atoms with Gasteiger partial charge in [-0.15, -0.1) is 6.58 Å². The van der Waals surface area contributed by atoms with Gasteiger partial charge in [0.05, 0.1) is 11.3 Å². The summed E-state index contributed by atoms with van der Waals surface area (Å²) < 4.78 is 5.13. The fraction of sp³-hybridized carbons (Fsp3) is 0.269. The molecule has 4 rings (SSSR count). The predicted molar refractivity (Wildman–Crippen MR) is 125 cm³/mol. The number of benzene rings is 2. The van der Waals surface area contributed by atoms with Crippen molar-refractivity contribution in [1.29, 1.82) is 0 Å². The average molecular weight is 447 g/mol. The molecule has 0 saturated carbocycles. The molecule has 2 aliphatic heterocycles. The number of fused-ring (bicyclic) bond motifs is 2. The van der Waals surface area contributed by atoms with E-state index in [0.29, 0.717) is 29.8 Å². The van der Waals surface area contributed by atoms with E-state index >= 15 is 0 Å². The normalized spacial score (nSPS) is 21.2. The Labute approximate surface area is 192 Å². The minimum absolute atomic E-state index is 0.116. The van der Waals surface area contributed by atoms with Gasteiger partial charge in [0.2, 0.25) is 0 Å². The number of amides is 2. The topological polar surface area (TPSA) is 87.2 Å². The number of aliphatic hydroxyl groups is 1. The Kier molecular flexibility index (Phi) is 5.91. The Morgan fingerprint density at radius 1 is 1.12 bits per heavy atom. The number of nitrogens with zero attached hydrogens (tertiary/aromatic N) is 2. The Hall–Kier alpha value is -3.71. The van der Waals surface area contributed by atoms with Crippen LogP contribution in [0.1, 0.15) is 23.1 Å². The van der Waals surface area contributed by atoms with Gasteiger partial charge in [-0.1, -0.05) is 54.1 Å². The molecule has 1 fully saturated rings. The van der Waals surface area contributed by atoms with Crippen molar-refractivity contribution in [3.05, 3.63) is 83.4 Å². The Balaban J connectivity index is 2.02. The molecule has 7 nitrogen and oxygen atoms in total. The molecule has 0 radical (unpaired) electrons. The Morgan fingerprint density at radius 3 is 2.48 bits per heavy atom. The number of para-hydroxylation sites is 1. The number of ketones is 1. The number of hydrogen-bond acceptors (Lipinski definition) is 5. The lowest BCUT2D eigenvalue weighted by molar-refractivity contribution is -0.143. The van der Waals surface area contributed by atoms with Gasteiger partial charge in [-0.05, 0) is 19.4 Å². The van der Waals surface area contributed by atoms with E-state index in [0.717, 1.165) is 5.56 Å². The van der Waals surface area contributed by atoms with E-state index in [2.05, 4.69) is 6.58 Å². The van der Waals surface area contributed by atoms with Crippen LogP contribution in [-0.2, 0) is 24.7 Å². The molecule has 7 heteroatoms. The molecule has 1 saturated heterocycles. The summed E-state index contributed by atoms with van der Waals surface area (Å²) in [5.74, 6) is -2.53. The van der Waals surface area contributed by atoms with Crippen LogP contribution in [-0.4, -0.2) is 54.4 Å². The Morgan fingerprint density at radius 2 is 1.82 bits per heavy atom. The van der Waals surface area contributed by atoms with Crippen LogP contribution in [0.15, 0.2) is 66.8 Å². The van der Waals surface area contributed by atoms with Crippen LogP contribution in [0.4, 0.5) is 5.69 Å². The number of ether oxygens (including phenoxy) is 1. The van der Waals surface area contributed by atoms with E-state index in [1.165, 1.54) is 9.80 Å². The van der Waals surface area contributed by atoms with Crippen molar-refractivity contribution in [2.75, 3.05) is 31.7 Å². The largest absolute Gasteiger partial charge is 0.507 e. The number of carbonyl (C=O) groups is 3. The number of aliphatic hydroxyl groups excluding tert-OH is 1. The molecule has 0 aromatic heterocycles. The van der Waals surface area contributed by atoms with Crippen LogP contribution in [0, 0.1) is 6.92 Å². The van der Waals surface area contributed by atoms with Gasteiger partial charge in [-0.3, -0.25) is 14.4 Å². The van der Waals surface area contributed by atoms with Crippen LogP contribution < -0.4 is 4.90 Å². The van der Waals surface area contributed by atoms with Crippen molar-refractivity contribution in [1.82, 2.24) is 4.90 Å². The number of rotatable bonds is 7. The van der Waals surface area contributed by atoms with E-state index in [1.807, 2.05) is 6.92 Å². The maximum Gasteiger partial charge on any atom is 0.296 e. The van der Waals surface area contributed by atoms with Gasteiger partial charge in [0, 0.05) is 37.9 Å². The molecule has 1 unspecified atom stereocenters. The summed E-state index contributed by atoms with van der Waals surface area (Å²) in [4.78, 5) is 43.5. The molecule has 1 N–H and O–H groups in total. The molecular formula is C26H26N2O5. The molecular weight excluding hydrogens is 420 g/mol. The number of methoxy groups -OCH3 is 1. The molecule has 2 aromatic rings. The van der Waals surface area contributed by atoms with Crippen molar-refractivity contribution in [3.8, 4) is 0 Å². The van der Waals surface area contributed by atoms with Crippen molar-refractivity contribution in [2.24, 2.45) is 0 Å². The first-order valence-electron chi connectivity index (χ1n) is 10.8. The first kappa shape index (κ1) is 22.5. The molecule has 0 aliphatic carbocycles. The van der Waals surface area contributed by atoms with Crippen LogP contribution in [0.3, 0.4) is 0 Å². The molecule has 0 bridgehead atoms. The average Bonchev–Trinajstić information content (AvgIpc) is 3.19. The van der Waals surface area contributed by atoms with Crippen molar-refractivity contribution >= 4 is 29.0 Å². The van der Waals surface area contributed by atoms with Gasteiger partial charge in [-0.2, -0.15) is 0 Å². The van der Waals surface area contributed by atoms with E-state index in [-0.39, 0.29) is 24.4 Å². The molecule has 170 valence electrons. The standard InChI is InChI=1S/C26H26N2O5/c1-4-14-27-20-9-6-5-8-19(20)26(25(27)32)21(22(29)18-12-10-17(2)11-13-18)23(30)24(31)28(26)15-7-16-33-3/h4-6,8-13,29H,1,7,14-16H2,2-3H3. The van der Waals surface area contributed by atoms with Gasteiger partial charge in [-0.25, -0.2) is 0 Å². The molecule has 2 aromatic carbocycles. The van der Waals surface area contributed by atoms with Crippen molar-refractivity contribution < 1.29 is 24.2 Å². The minimum atomic E-state index is -1.75. The third-order valence-electron chi connectivity index (χ3n) is 6.18. The van der Waals surface area contributed by atoms with Gasteiger partial charge in [0.25, 0.3) is 17.6 Å². The van der Waals surface area contributed by atoms with Crippen molar-refractivity contribution in [3.63, 3.8) is 0 Å². The zero-order valence-corrected chi connectivity index (χ0v) is 18.7. The number of aryl methyl sites for hydroxylation is 1. The lowest BCUT2D eigenvalue weighted by Gasteiger charge is -2.34. The van der Waals surface area contributed by atoms with Crippen LogP contribution in [0.5, 0.6) is 0 Å². The smallest absolute Gasteiger partial charge is 0.296 e. The predicted octanol–water partition coefficient (Wildman–Crippen LogP) is 3.14. The highest BCUT2D eigenvalue weighted by Crippen LogP contribution is 2.53. The van der Waals surface area contributed by atoms with Gasteiger partial charge >= 0.3 is 0 Å². The molecule has 2 aliphatic rings. The summed E-state index contributed by atoms with van der Waals surface area (Å²) in [6, 6.07) is 14.0. The second-order valence-electron chi connectivity index (χ2n) is 8.15. The van der Waals surface area contributed by atoms with Gasteiger partial charge in [0.15, 0.2) is 5.54 Å². The highest BCUT2D eigenvalue weighted by molar-refractivity contribution is 6.50. The second-order valence-corrected chi connectivity index (χ2v) is 8.15. The highest BCUT2D eigenvalue weighted by Gasteiger charge is 2.66. The fourth-order valence-electron chi connectivity index (χ4n) is 4.70. The van der Waals surface area contributed by atoms with E-state index in [9.17, 15) is 19.5 Å². The third kappa shape index (κ3) is 3.27. The first-order chi connectivity index (χ1) is 15.9. The summed E-state index contributed by atoms with van der Waals surface area (Å²) in [5, 5.41) is 11.3. The molecule has 1 spiro atoms. The maximum atomic E-state index is 14.1. The lowest BCUT2D eigenvalue weighted by Crippen LogP contribution is -2.52. The van der Waals surface area contributed by atoms with Crippen LogP contribution >= 0.6 is 0 Å². The SMILES string of the molecule is C=CCN1C(=O)C2(C(=C(O)c3ccc(C)cc3)C(=O)C(=O)N2CCCOC)c2ccccc21. The van der Waals surface area contributed by atoms with Crippen molar-refractivity contribution in [2.45, 2.75) is 18.9 Å². The first-order valence-corrected chi connectivity index (χ1v) is 10.8. The molecule has 2 amide bonds. The number of carbonyl (C=O) groups excluding carboxylic acids is 3. The monoisotopic (exact) mass is 446 g/mol. The summed E-state index contributed by atoms with van der Waals surface area (Å²) >= 11 is 0. The fourth-order valence-corrected chi connectivity index (χ4v) is 4.70. The summed E-state index contributed by atoms with van der Waals surface area (Å²) in [5.41, 5.74) is 0.440. The van der Waals surface area contributed by atoms with Crippen LogP contribution in [0.25, 0.3) is 5.76 Å². The summed E-state index contributed by atoms with van der Waals surface area (Å²) in [7, 11) is 1.54. The molecule has 1 atom stereocenters. The summed E-state index contributed by atoms with van der Waals surface area (Å²) in [6.45, 7) is 6.32. The van der Waals surface area contributed by atoms with E-state index in [4.69, 9.17) is 4.74 Å². The highest BCUT2D eigenvalue weighted by atomic mass is 16.5. The minimum Gasteiger partial charge on any atom is -0.507 e. The Bertz CT molecular complexity index is 1170. The maximum absolute atomic E-state index is 14.1. The van der Waals surface area contributed by atoms with E-state index < -0.39 is 23.1 Å². The molecule has 33 heavy (non-hydrogen) atoms. The zero-order chi connectivity index (χ0) is 23.8. The quantitative estimate of drug-likeness (QED) is 0.232. The van der Waals surface area contributed by atoms with Gasteiger partial charge < -0.3 is 19.6 Å². The van der Waals surface area contributed by atoms with Gasteiger partial charge in [0.1, 0.15) is 5.76 Å². The van der Waals surface area contributed by atoms with Crippen LogP contribution in [0.2, 0.25) is 0 Å². The number of likely N-dealkylation sites (tertiary alicyclic amines) is 1.